The Morgan fingerprint density at radius 1 is 1.36 bits per heavy atom. The lowest BCUT2D eigenvalue weighted by molar-refractivity contribution is 0.0723. The molecule has 0 N–H and O–H groups in total. The van der Waals surface area contributed by atoms with Gasteiger partial charge in [-0.05, 0) is 66.4 Å². The third kappa shape index (κ3) is 2.82. The van der Waals surface area contributed by atoms with Crippen LogP contribution in [0.1, 0.15) is 54.8 Å². The predicted molar refractivity (Wildman–Crippen MR) is 89.8 cm³/mol. The van der Waals surface area contributed by atoms with E-state index in [1.165, 1.54) is 5.56 Å². The van der Waals surface area contributed by atoms with Gasteiger partial charge in [0.05, 0.1) is 6.04 Å². The van der Waals surface area contributed by atoms with E-state index in [0.717, 1.165) is 29.6 Å². The van der Waals surface area contributed by atoms with Crippen molar-refractivity contribution in [2.24, 2.45) is 0 Å². The zero-order chi connectivity index (χ0) is 15.7. The van der Waals surface area contributed by atoms with Crippen LogP contribution in [0.2, 0.25) is 0 Å². The SMILES string of the molecule is CC(C)n1cc(Br)cc1C(=O)N1CCCC1c1ccncc1. The number of carbonyl (C=O) groups excluding carboxylic acids is 1. The van der Waals surface area contributed by atoms with Gasteiger partial charge >= 0.3 is 0 Å². The minimum atomic E-state index is 0.110. The molecule has 3 heterocycles. The van der Waals surface area contributed by atoms with Gasteiger partial charge in [0, 0.05) is 35.6 Å². The second-order valence-electron chi connectivity index (χ2n) is 5.98. The molecule has 1 aliphatic heterocycles. The number of amides is 1. The topological polar surface area (TPSA) is 38.1 Å². The molecule has 0 aromatic carbocycles. The van der Waals surface area contributed by atoms with Crippen LogP contribution in [-0.4, -0.2) is 26.9 Å². The van der Waals surface area contributed by atoms with E-state index in [4.69, 9.17) is 0 Å². The molecule has 0 aliphatic carbocycles. The maximum absolute atomic E-state index is 13.0. The standard InChI is InChI=1S/C17H20BrN3O/c1-12(2)21-11-14(18)10-16(21)17(22)20-9-3-4-15(20)13-5-7-19-8-6-13/h5-8,10-12,15H,3-4,9H2,1-2H3. The van der Waals surface area contributed by atoms with Crippen LogP contribution in [0, 0.1) is 0 Å². The van der Waals surface area contributed by atoms with Crippen molar-refractivity contribution in [2.75, 3.05) is 6.54 Å². The molecule has 1 unspecified atom stereocenters. The number of hydrogen-bond donors (Lipinski definition) is 0. The number of nitrogens with zero attached hydrogens (tertiary/aromatic N) is 3. The van der Waals surface area contributed by atoms with Gasteiger partial charge in [-0.1, -0.05) is 0 Å². The van der Waals surface area contributed by atoms with Gasteiger partial charge in [0.15, 0.2) is 0 Å². The van der Waals surface area contributed by atoms with E-state index >= 15 is 0 Å². The highest BCUT2D eigenvalue weighted by Gasteiger charge is 2.32. The number of pyridine rings is 1. The molecule has 1 saturated heterocycles. The van der Waals surface area contributed by atoms with Crippen LogP contribution < -0.4 is 0 Å². The highest BCUT2D eigenvalue weighted by Crippen LogP contribution is 2.33. The molecular weight excluding hydrogens is 342 g/mol. The third-order valence-electron chi connectivity index (χ3n) is 4.20. The molecule has 5 heteroatoms. The van der Waals surface area contributed by atoms with Gasteiger partial charge in [0.1, 0.15) is 5.69 Å². The van der Waals surface area contributed by atoms with Crippen LogP contribution >= 0.6 is 15.9 Å². The Bertz CT molecular complexity index is 666. The smallest absolute Gasteiger partial charge is 0.271 e. The van der Waals surface area contributed by atoms with Gasteiger partial charge in [-0.2, -0.15) is 0 Å². The maximum atomic E-state index is 13.0. The quantitative estimate of drug-likeness (QED) is 0.821. The second kappa shape index (κ2) is 6.24. The Balaban J connectivity index is 1.91. The fourth-order valence-corrected chi connectivity index (χ4v) is 3.57. The average molecular weight is 362 g/mol. The Morgan fingerprint density at radius 2 is 2.09 bits per heavy atom. The number of aromatic nitrogens is 2. The highest BCUT2D eigenvalue weighted by molar-refractivity contribution is 9.10. The molecule has 1 aliphatic rings. The first-order valence-electron chi connectivity index (χ1n) is 7.66. The zero-order valence-corrected chi connectivity index (χ0v) is 14.5. The summed E-state index contributed by atoms with van der Waals surface area (Å²) in [6.07, 6.45) is 7.63. The summed E-state index contributed by atoms with van der Waals surface area (Å²) in [5.41, 5.74) is 1.92. The minimum Gasteiger partial charge on any atom is -0.340 e. The van der Waals surface area contributed by atoms with Gasteiger partial charge in [0.2, 0.25) is 0 Å². The summed E-state index contributed by atoms with van der Waals surface area (Å²) in [4.78, 5) is 19.1. The maximum Gasteiger partial charge on any atom is 0.271 e. The molecular formula is C17H20BrN3O. The predicted octanol–water partition coefficient (Wildman–Crippen LogP) is 4.20. The van der Waals surface area contributed by atoms with Crippen LogP contribution in [0.5, 0.6) is 0 Å². The molecule has 0 bridgehead atoms. The zero-order valence-electron chi connectivity index (χ0n) is 12.9. The van der Waals surface area contributed by atoms with E-state index in [9.17, 15) is 4.79 Å². The molecule has 4 nitrogen and oxygen atoms in total. The van der Waals surface area contributed by atoms with Crippen molar-refractivity contribution in [1.82, 2.24) is 14.5 Å². The number of rotatable bonds is 3. The van der Waals surface area contributed by atoms with Gasteiger partial charge < -0.3 is 9.47 Å². The normalized spacial score (nSPS) is 18.2. The van der Waals surface area contributed by atoms with Crippen molar-refractivity contribution in [3.05, 3.63) is 52.5 Å². The van der Waals surface area contributed by atoms with Crippen LogP contribution in [-0.2, 0) is 0 Å². The molecule has 1 fully saturated rings. The van der Waals surface area contributed by atoms with Crippen molar-refractivity contribution in [1.29, 1.82) is 0 Å². The average Bonchev–Trinajstić information content (AvgIpc) is 3.14. The Hall–Kier alpha value is -1.62. The molecule has 22 heavy (non-hydrogen) atoms. The Morgan fingerprint density at radius 3 is 2.77 bits per heavy atom. The van der Waals surface area contributed by atoms with E-state index in [1.54, 1.807) is 12.4 Å². The lowest BCUT2D eigenvalue weighted by Crippen LogP contribution is -2.32. The molecule has 3 rings (SSSR count). The fourth-order valence-electron chi connectivity index (χ4n) is 3.13. The van der Waals surface area contributed by atoms with Crippen LogP contribution in [0.4, 0.5) is 0 Å². The summed E-state index contributed by atoms with van der Waals surface area (Å²) >= 11 is 3.49. The molecule has 1 atom stereocenters. The number of halogens is 1. The lowest BCUT2D eigenvalue weighted by Gasteiger charge is -2.26. The molecule has 116 valence electrons. The number of carbonyl (C=O) groups is 1. The molecule has 0 spiro atoms. The first-order chi connectivity index (χ1) is 10.6. The molecule has 2 aromatic rings. The Labute approximate surface area is 139 Å². The summed E-state index contributed by atoms with van der Waals surface area (Å²) < 4.78 is 2.98. The van der Waals surface area contributed by atoms with Gasteiger partial charge in [-0.15, -0.1) is 0 Å². The number of hydrogen-bond acceptors (Lipinski definition) is 2. The second-order valence-corrected chi connectivity index (χ2v) is 6.90. The summed E-state index contributed by atoms with van der Waals surface area (Å²) in [6.45, 7) is 4.99. The minimum absolute atomic E-state index is 0.110. The molecule has 0 radical (unpaired) electrons. The van der Waals surface area contributed by atoms with E-state index < -0.39 is 0 Å². The van der Waals surface area contributed by atoms with Crippen molar-refractivity contribution >= 4 is 21.8 Å². The van der Waals surface area contributed by atoms with Crippen molar-refractivity contribution in [3.8, 4) is 0 Å². The molecule has 0 saturated carbocycles. The summed E-state index contributed by atoms with van der Waals surface area (Å²) in [6, 6.07) is 6.35. The van der Waals surface area contributed by atoms with Gasteiger partial charge in [0.25, 0.3) is 5.91 Å². The fraction of sp³-hybridized carbons (Fsp3) is 0.412. The van der Waals surface area contributed by atoms with E-state index in [0.29, 0.717) is 0 Å². The molecule has 2 aromatic heterocycles. The van der Waals surface area contributed by atoms with Crippen LogP contribution in [0.25, 0.3) is 0 Å². The summed E-state index contributed by atoms with van der Waals surface area (Å²) in [5, 5.41) is 0. The largest absolute Gasteiger partial charge is 0.340 e. The van der Waals surface area contributed by atoms with Gasteiger partial charge in [-0.3, -0.25) is 9.78 Å². The molecule has 1 amide bonds. The van der Waals surface area contributed by atoms with Gasteiger partial charge in [-0.25, -0.2) is 0 Å². The first kappa shape index (κ1) is 15.3. The van der Waals surface area contributed by atoms with E-state index in [-0.39, 0.29) is 18.0 Å². The Kier molecular flexibility index (Phi) is 4.34. The van der Waals surface area contributed by atoms with Crippen molar-refractivity contribution in [2.45, 2.75) is 38.8 Å². The van der Waals surface area contributed by atoms with E-state index in [1.807, 2.05) is 33.9 Å². The number of likely N-dealkylation sites (tertiary alicyclic amines) is 1. The van der Waals surface area contributed by atoms with Crippen molar-refractivity contribution in [3.63, 3.8) is 0 Å². The van der Waals surface area contributed by atoms with Crippen LogP contribution in [0.3, 0.4) is 0 Å². The summed E-state index contributed by atoms with van der Waals surface area (Å²) in [5.74, 6) is 0.110. The lowest BCUT2D eigenvalue weighted by atomic mass is 10.1. The van der Waals surface area contributed by atoms with Crippen molar-refractivity contribution < 1.29 is 4.79 Å². The van der Waals surface area contributed by atoms with Crippen LogP contribution in [0.15, 0.2) is 41.3 Å². The monoisotopic (exact) mass is 361 g/mol. The third-order valence-corrected chi connectivity index (χ3v) is 4.63. The van der Waals surface area contributed by atoms with E-state index in [2.05, 4.69) is 34.8 Å². The first-order valence-corrected chi connectivity index (χ1v) is 8.45. The highest BCUT2D eigenvalue weighted by atomic mass is 79.9. The summed E-state index contributed by atoms with van der Waals surface area (Å²) in [7, 11) is 0.